The first kappa shape index (κ1) is 15.9. The second-order valence-electron chi connectivity index (χ2n) is 6.96. The largest absolute Gasteiger partial charge is 0.492 e. The number of nitrogens with two attached hydrogens (primary N) is 1. The number of nitrogens with zero attached hydrogens (tertiary/aromatic N) is 1. The number of primary amides is 1. The number of amides is 1. The van der Waals surface area contributed by atoms with Crippen molar-refractivity contribution < 1.29 is 14.5 Å². The minimum absolute atomic E-state index is 0.440. The van der Waals surface area contributed by atoms with Gasteiger partial charge in [0.05, 0.1) is 16.7 Å². The summed E-state index contributed by atoms with van der Waals surface area (Å²) in [6, 6.07) is 11.6. The molecule has 3 aromatic rings. The third-order valence-corrected chi connectivity index (χ3v) is 4.86. The molecule has 1 aliphatic heterocycles. The third-order valence-electron chi connectivity index (χ3n) is 4.86. The summed E-state index contributed by atoms with van der Waals surface area (Å²) in [6.07, 6.45) is 4.46. The Morgan fingerprint density at radius 3 is 2.84 bits per heavy atom. The van der Waals surface area contributed by atoms with Crippen molar-refractivity contribution in [1.82, 2.24) is 4.40 Å². The smallest absolute Gasteiger partial charge is 0.423 e. The summed E-state index contributed by atoms with van der Waals surface area (Å²) in [5, 5.41) is 10.2. The number of carbonyl (C=O) groups is 1. The zero-order valence-electron chi connectivity index (χ0n) is 14.2. The van der Waals surface area contributed by atoms with E-state index in [1.165, 1.54) is 0 Å². The molecule has 2 aromatic heterocycles. The number of pyridine rings is 1. The van der Waals surface area contributed by atoms with Crippen LogP contribution in [0, 0.1) is 0 Å². The van der Waals surface area contributed by atoms with Crippen LogP contribution >= 0.6 is 0 Å². The van der Waals surface area contributed by atoms with Gasteiger partial charge >= 0.3 is 7.12 Å². The first-order valence-corrected chi connectivity index (χ1v) is 8.24. The lowest BCUT2D eigenvalue weighted by molar-refractivity contribution is 0.0996. The van der Waals surface area contributed by atoms with Gasteiger partial charge in [-0.2, -0.15) is 0 Å². The fraction of sp³-hybridized carbons (Fsp3) is 0.211. The molecule has 6 heteroatoms. The average molecular weight is 334 g/mol. The topological polar surface area (TPSA) is 77.0 Å². The highest BCUT2D eigenvalue weighted by atomic mass is 16.5. The Morgan fingerprint density at radius 1 is 1.28 bits per heavy atom. The molecule has 0 unspecified atom stereocenters. The molecule has 0 saturated carbocycles. The van der Waals surface area contributed by atoms with Crippen LogP contribution in [0.5, 0.6) is 0 Å². The molecule has 3 N–H and O–H groups in total. The van der Waals surface area contributed by atoms with Crippen molar-refractivity contribution in [3.63, 3.8) is 0 Å². The Morgan fingerprint density at radius 2 is 2.08 bits per heavy atom. The molecule has 0 aliphatic carbocycles. The van der Waals surface area contributed by atoms with E-state index in [1.807, 2.05) is 61.0 Å². The molecule has 4 rings (SSSR count). The van der Waals surface area contributed by atoms with Crippen LogP contribution in [0.4, 0.5) is 0 Å². The quantitative estimate of drug-likeness (QED) is 0.714. The molecule has 126 valence electrons. The van der Waals surface area contributed by atoms with Crippen molar-refractivity contribution in [1.29, 1.82) is 0 Å². The lowest BCUT2D eigenvalue weighted by Gasteiger charge is -2.19. The SMILES string of the molecule is CC1(C)OB(O)c2cc(Cc3ccn4cccc(C(N)=O)c34)ccc21. The molecule has 0 radical (unpaired) electrons. The van der Waals surface area contributed by atoms with Crippen LogP contribution in [-0.4, -0.2) is 22.5 Å². The zero-order chi connectivity index (χ0) is 17.8. The van der Waals surface area contributed by atoms with Gasteiger partial charge in [-0.3, -0.25) is 4.79 Å². The van der Waals surface area contributed by atoms with Crippen LogP contribution in [0.1, 0.15) is 40.9 Å². The molecule has 1 aliphatic rings. The minimum atomic E-state index is -0.906. The van der Waals surface area contributed by atoms with E-state index < -0.39 is 18.6 Å². The number of hydrogen-bond donors (Lipinski definition) is 2. The molecule has 0 bridgehead atoms. The number of aromatic nitrogens is 1. The van der Waals surface area contributed by atoms with Gasteiger partial charge in [0.1, 0.15) is 0 Å². The van der Waals surface area contributed by atoms with E-state index in [0.717, 1.165) is 27.7 Å². The Balaban J connectivity index is 1.76. The molecule has 1 amide bonds. The Kier molecular flexibility index (Phi) is 3.49. The standard InChI is InChI=1S/C19H19BN2O3/c1-19(2)15-6-5-12(11-16(15)20(24)25-19)10-13-7-9-22-8-3-4-14(17(13)22)18(21)23/h3-9,11,24H,10H2,1-2H3,(H2,21,23). The summed E-state index contributed by atoms with van der Waals surface area (Å²) in [7, 11) is -0.906. The highest BCUT2D eigenvalue weighted by Gasteiger charge is 2.40. The Labute approximate surface area is 146 Å². The van der Waals surface area contributed by atoms with E-state index in [1.54, 1.807) is 6.07 Å². The van der Waals surface area contributed by atoms with Crippen LogP contribution < -0.4 is 11.2 Å². The first-order chi connectivity index (χ1) is 11.9. The van der Waals surface area contributed by atoms with Crippen LogP contribution in [0.25, 0.3) is 5.52 Å². The summed E-state index contributed by atoms with van der Waals surface area (Å²) < 4.78 is 7.53. The number of hydrogen-bond acceptors (Lipinski definition) is 3. The van der Waals surface area contributed by atoms with E-state index >= 15 is 0 Å². The van der Waals surface area contributed by atoms with E-state index in [2.05, 4.69) is 0 Å². The Bertz CT molecular complexity index is 993. The first-order valence-electron chi connectivity index (χ1n) is 8.24. The van der Waals surface area contributed by atoms with E-state index in [4.69, 9.17) is 10.4 Å². The lowest BCUT2D eigenvalue weighted by Crippen LogP contribution is -2.28. The maximum absolute atomic E-state index is 11.7. The number of benzene rings is 1. The summed E-state index contributed by atoms with van der Waals surface area (Å²) in [5.74, 6) is -0.440. The minimum Gasteiger partial charge on any atom is -0.423 e. The number of fused-ring (bicyclic) bond motifs is 2. The predicted molar refractivity (Wildman–Crippen MR) is 96.9 cm³/mol. The van der Waals surface area contributed by atoms with Gasteiger partial charge in [-0.25, -0.2) is 0 Å². The van der Waals surface area contributed by atoms with Crippen LogP contribution in [0.15, 0.2) is 48.8 Å². The number of rotatable bonds is 3. The molecular weight excluding hydrogens is 315 g/mol. The maximum atomic E-state index is 11.7. The van der Waals surface area contributed by atoms with Crippen LogP contribution in [0.3, 0.4) is 0 Å². The summed E-state index contributed by atoms with van der Waals surface area (Å²) in [6.45, 7) is 3.89. The van der Waals surface area contributed by atoms with Gasteiger partial charge < -0.3 is 19.8 Å². The van der Waals surface area contributed by atoms with Gasteiger partial charge in [-0.1, -0.05) is 18.2 Å². The fourth-order valence-electron chi connectivity index (χ4n) is 3.68. The van der Waals surface area contributed by atoms with Gasteiger partial charge in [-0.15, -0.1) is 0 Å². The van der Waals surface area contributed by atoms with Crippen molar-refractivity contribution in [3.8, 4) is 0 Å². The monoisotopic (exact) mass is 334 g/mol. The molecule has 1 aromatic carbocycles. The van der Waals surface area contributed by atoms with Crippen molar-refractivity contribution in [2.45, 2.75) is 25.9 Å². The molecule has 5 nitrogen and oxygen atoms in total. The molecule has 0 fully saturated rings. The van der Waals surface area contributed by atoms with Gasteiger partial charge in [0, 0.05) is 12.4 Å². The summed E-state index contributed by atoms with van der Waals surface area (Å²) >= 11 is 0. The second kappa shape index (κ2) is 5.47. The third kappa shape index (κ3) is 2.54. The Hall–Kier alpha value is -2.57. The van der Waals surface area contributed by atoms with Crippen LogP contribution in [0.2, 0.25) is 0 Å². The highest BCUT2D eigenvalue weighted by molar-refractivity contribution is 6.62. The zero-order valence-corrected chi connectivity index (χ0v) is 14.2. The molecule has 0 saturated heterocycles. The van der Waals surface area contributed by atoms with Gasteiger partial charge in [0.2, 0.25) is 0 Å². The van der Waals surface area contributed by atoms with Crippen molar-refractivity contribution in [2.75, 3.05) is 0 Å². The van der Waals surface area contributed by atoms with Gasteiger partial charge in [0.15, 0.2) is 0 Å². The second-order valence-corrected chi connectivity index (χ2v) is 6.96. The average Bonchev–Trinajstić information content (AvgIpc) is 3.06. The van der Waals surface area contributed by atoms with E-state index in [-0.39, 0.29) is 0 Å². The molecule has 0 atom stereocenters. The van der Waals surface area contributed by atoms with Crippen molar-refractivity contribution in [3.05, 3.63) is 71.0 Å². The number of carbonyl (C=O) groups excluding carboxylic acids is 1. The normalized spacial score (nSPS) is 15.6. The highest BCUT2D eigenvalue weighted by Crippen LogP contribution is 2.30. The predicted octanol–water partition coefficient (Wildman–Crippen LogP) is 1.58. The van der Waals surface area contributed by atoms with Crippen molar-refractivity contribution in [2.24, 2.45) is 5.73 Å². The van der Waals surface area contributed by atoms with Crippen LogP contribution in [-0.2, 0) is 16.7 Å². The molecule has 3 heterocycles. The van der Waals surface area contributed by atoms with Gasteiger partial charge in [-0.05, 0) is 60.6 Å². The fourth-order valence-corrected chi connectivity index (χ4v) is 3.68. The summed E-state index contributed by atoms with van der Waals surface area (Å²) in [5.41, 5.74) is 10.2. The molecule has 25 heavy (non-hydrogen) atoms. The summed E-state index contributed by atoms with van der Waals surface area (Å²) in [4.78, 5) is 11.7. The van der Waals surface area contributed by atoms with E-state index in [0.29, 0.717) is 12.0 Å². The lowest BCUT2D eigenvalue weighted by atomic mass is 9.77. The van der Waals surface area contributed by atoms with Gasteiger partial charge in [0.25, 0.3) is 5.91 Å². The molecular formula is C19H19BN2O3. The van der Waals surface area contributed by atoms with Crippen molar-refractivity contribution >= 4 is 24.0 Å². The molecule has 0 spiro atoms. The maximum Gasteiger partial charge on any atom is 0.492 e. The van der Waals surface area contributed by atoms with E-state index in [9.17, 15) is 9.82 Å².